The van der Waals surface area contributed by atoms with Crippen LogP contribution in [0.3, 0.4) is 0 Å². The van der Waals surface area contributed by atoms with Crippen LogP contribution in [-0.4, -0.2) is 46.9 Å². The summed E-state index contributed by atoms with van der Waals surface area (Å²) in [5.74, 6) is 1.06. The van der Waals surface area contributed by atoms with Crippen molar-refractivity contribution in [2.24, 2.45) is 0 Å². The third-order valence-corrected chi connectivity index (χ3v) is 5.59. The first-order valence-corrected chi connectivity index (χ1v) is 11.0. The first-order chi connectivity index (χ1) is 16.2. The Labute approximate surface area is 191 Å². The van der Waals surface area contributed by atoms with Crippen molar-refractivity contribution < 1.29 is 14.3 Å². The maximum Gasteiger partial charge on any atom is 0.255 e. The summed E-state index contributed by atoms with van der Waals surface area (Å²) in [7, 11) is 0. The third-order valence-electron chi connectivity index (χ3n) is 5.59. The minimum Gasteiger partial charge on any atom is -0.490 e. The minimum absolute atomic E-state index is 0.137. The fourth-order valence-corrected chi connectivity index (χ4v) is 3.83. The molecular formula is C25H25N5O3. The summed E-state index contributed by atoms with van der Waals surface area (Å²) in [4.78, 5) is 17.8. The molecule has 0 radical (unpaired) electrons. The second kappa shape index (κ2) is 9.30. The van der Waals surface area contributed by atoms with Crippen molar-refractivity contribution >= 4 is 17.4 Å². The van der Waals surface area contributed by atoms with Crippen LogP contribution in [0.1, 0.15) is 28.9 Å². The van der Waals surface area contributed by atoms with Crippen LogP contribution >= 0.6 is 0 Å². The van der Waals surface area contributed by atoms with E-state index < -0.39 is 0 Å². The van der Waals surface area contributed by atoms with Gasteiger partial charge in [-0.2, -0.15) is 5.10 Å². The number of hydrogen-bond acceptors (Lipinski definition) is 6. The van der Waals surface area contributed by atoms with Gasteiger partial charge in [-0.25, -0.2) is 9.50 Å². The second-order valence-electron chi connectivity index (χ2n) is 7.84. The van der Waals surface area contributed by atoms with Crippen molar-refractivity contribution in [2.45, 2.75) is 13.0 Å². The van der Waals surface area contributed by atoms with Crippen molar-refractivity contribution in [1.82, 2.24) is 19.9 Å². The van der Waals surface area contributed by atoms with E-state index in [1.165, 1.54) is 0 Å². The largest absolute Gasteiger partial charge is 0.490 e. The van der Waals surface area contributed by atoms with E-state index in [-0.39, 0.29) is 11.9 Å². The van der Waals surface area contributed by atoms with Gasteiger partial charge in [0, 0.05) is 18.3 Å². The summed E-state index contributed by atoms with van der Waals surface area (Å²) in [6.45, 7) is 3.86. The molecule has 1 aliphatic heterocycles. The SMILES string of the molecule is C[C@H](NC(=O)c1ccc2cc1OCCOCCNc1ccn3ncc-2c3n1)c1ccccc1. The topological polar surface area (TPSA) is 89.8 Å². The fourth-order valence-electron chi connectivity index (χ4n) is 3.83. The molecule has 0 aliphatic carbocycles. The zero-order valence-corrected chi connectivity index (χ0v) is 18.3. The van der Waals surface area contributed by atoms with E-state index in [1.807, 2.05) is 61.7 Å². The number of amides is 1. The maximum atomic E-state index is 13.1. The summed E-state index contributed by atoms with van der Waals surface area (Å²) >= 11 is 0. The van der Waals surface area contributed by atoms with Gasteiger partial charge in [0.1, 0.15) is 18.2 Å². The lowest BCUT2D eigenvalue weighted by molar-refractivity contribution is 0.0922. The summed E-state index contributed by atoms with van der Waals surface area (Å²) in [6.07, 6.45) is 3.64. The van der Waals surface area contributed by atoms with Gasteiger partial charge in [0.15, 0.2) is 5.65 Å². The molecule has 2 aromatic heterocycles. The molecule has 2 aromatic carbocycles. The van der Waals surface area contributed by atoms with Crippen LogP contribution in [0.25, 0.3) is 16.8 Å². The quantitative estimate of drug-likeness (QED) is 0.502. The number of nitrogens with one attached hydrogen (secondary N) is 2. The Morgan fingerprint density at radius 1 is 1.12 bits per heavy atom. The van der Waals surface area contributed by atoms with Gasteiger partial charge in [0.25, 0.3) is 5.91 Å². The van der Waals surface area contributed by atoms with Crippen LogP contribution in [0.2, 0.25) is 0 Å². The van der Waals surface area contributed by atoms with Crippen LogP contribution in [0, 0.1) is 0 Å². The molecule has 0 saturated carbocycles. The molecule has 8 nitrogen and oxygen atoms in total. The van der Waals surface area contributed by atoms with E-state index in [2.05, 4.69) is 15.7 Å². The zero-order chi connectivity index (χ0) is 22.6. The number of rotatable bonds is 3. The number of benzene rings is 2. The third kappa shape index (κ3) is 4.51. The summed E-state index contributed by atoms with van der Waals surface area (Å²) in [6, 6.07) is 17.2. The normalized spacial score (nSPS) is 14.7. The first-order valence-electron chi connectivity index (χ1n) is 11.0. The number of carbonyl (C=O) groups excluding carboxylic acids is 1. The van der Waals surface area contributed by atoms with E-state index >= 15 is 0 Å². The van der Waals surface area contributed by atoms with E-state index in [0.717, 1.165) is 28.2 Å². The molecule has 1 atom stereocenters. The van der Waals surface area contributed by atoms with Gasteiger partial charge in [-0.3, -0.25) is 4.79 Å². The number of ether oxygens (including phenoxy) is 2. The molecule has 2 N–H and O–H groups in total. The average Bonchev–Trinajstić information content (AvgIpc) is 3.26. The summed E-state index contributed by atoms with van der Waals surface area (Å²) < 4.78 is 13.4. The number of anilines is 1. The van der Waals surface area contributed by atoms with Crippen LogP contribution in [-0.2, 0) is 4.74 Å². The van der Waals surface area contributed by atoms with Crippen LogP contribution in [0.4, 0.5) is 5.82 Å². The van der Waals surface area contributed by atoms with Gasteiger partial charge in [-0.05, 0) is 36.2 Å². The molecular weight excluding hydrogens is 418 g/mol. The van der Waals surface area contributed by atoms with Crippen molar-refractivity contribution in [2.75, 3.05) is 31.7 Å². The molecule has 0 saturated heterocycles. The predicted molar refractivity (Wildman–Crippen MR) is 126 cm³/mol. The van der Waals surface area contributed by atoms with Gasteiger partial charge < -0.3 is 20.1 Å². The van der Waals surface area contributed by atoms with Crippen LogP contribution < -0.4 is 15.4 Å². The Morgan fingerprint density at radius 2 is 2.00 bits per heavy atom. The average molecular weight is 444 g/mol. The lowest BCUT2D eigenvalue weighted by Gasteiger charge is -2.17. The molecule has 1 amide bonds. The predicted octanol–water partition coefficient (Wildman–Crippen LogP) is 3.71. The monoisotopic (exact) mass is 443 g/mol. The molecule has 0 spiro atoms. The van der Waals surface area contributed by atoms with Crippen molar-refractivity contribution in [1.29, 1.82) is 0 Å². The summed E-state index contributed by atoms with van der Waals surface area (Å²) in [5, 5.41) is 10.7. The Hall–Kier alpha value is -3.91. The van der Waals surface area contributed by atoms with Crippen molar-refractivity contribution in [3.8, 4) is 16.9 Å². The van der Waals surface area contributed by atoms with Crippen molar-refractivity contribution in [3.05, 3.63) is 78.1 Å². The van der Waals surface area contributed by atoms with Crippen LogP contribution in [0.15, 0.2) is 67.0 Å². The first kappa shape index (κ1) is 21.0. The van der Waals surface area contributed by atoms with E-state index in [4.69, 9.17) is 14.5 Å². The number of carbonyl (C=O) groups is 1. The summed E-state index contributed by atoms with van der Waals surface area (Å²) in [5.41, 5.74) is 3.96. The van der Waals surface area contributed by atoms with Crippen LogP contribution in [0.5, 0.6) is 5.75 Å². The molecule has 4 aromatic rings. The van der Waals surface area contributed by atoms with Gasteiger partial charge in [0.2, 0.25) is 0 Å². The molecule has 0 unspecified atom stereocenters. The molecule has 1 aliphatic rings. The minimum atomic E-state index is -0.195. The van der Waals surface area contributed by atoms with Gasteiger partial charge in [-0.1, -0.05) is 36.4 Å². The molecule has 33 heavy (non-hydrogen) atoms. The smallest absolute Gasteiger partial charge is 0.255 e. The fraction of sp³-hybridized carbons (Fsp3) is 0.240. The van der Waals surface area contributed by atoms with E-state index in [0.29, 0.717) is 37.7 Å². The van der Waals surface area contributed by atoms with Crippen molar-refractivity contribution in [3.63, 3.8) is 0 Å². The highest BCUT2D eigenvalue weighted by atomic mass is 16.5. The second-order valence-corrected chi connectivity index (χ2v) is 7.84. The Kier molecular flexibility index (Phi) is 5.91. The Morgan fingerprint density at radius 3 is 2.88 bits per heavy atom. The number of hydrogen-bond donors (Lipinski definition) is 2. The van der Waals surface area contributed by atoms with E-state index in [9.17, 15) is 4.79 Å². The number of nitrogens with zero attached hydrogens (tertiary/aromatic N) is 3. The number of aromatic nitrogens is 3. The highest BCUT2D eigenvalue weighted by Crippen LogP contribution is 2.30. The number of fused-ring (bicyclic) bond motifs is 4. The van der Waals surface area contributed by atoms with E-state index in [1.54, 1.807) is 16.8 Å². The molecule has 5 rings (SSSR count). The zero-order valence-electron chi connectivity index (χ0n) is 18.3. The highest BCUT2D eigenvalue weighted by molar-refractivity contribution is 5.98. The van der Waals surface area contributed by atoms with Gasteiger partial charge >= 0.3 is 0 Å². The molecule has 168 valence electrons. The lowest BCUT2D eigenvalue weighted by atomic mass is 10.0. The molecule has 4 bridgehead atoms. The molecule has 8 heteroatoms. The standard InChI is InChI=1S/C25H25N5O3/c1-17(18-5-3-2-4-6-18)28-25(31)20-8-7-19-15-22(20)33-14-13-32-12-10-26-23-9-11-30-24(29-23)21(19)16-27-30/h2-9,11,15-17H,10,12-14H2,1H3,(H,26,29)(H,28,31)/t17-/m0/s1. The van der Waals surface area contributed by atoms with Gasteiger partial charge in [0.05, 0.1) is 31.0 Å². The highest BCUT2D eigenvalue weighted by Gasteiger charge is 2.19. The Bertz CT molecular complexity index is 1270. The lowest BCUT2D eigenvalue weighted by Crippen LogP contribution is -2.27. The molecule has 0 fully saturated rings. The Balaban J connectivity index is 1.50. The maximum absolute atomic E-state index is 13.1. The molecule has 3 heterocycles. The van der Waals surface area contributed by atoms with Gasteiger partial charge in [-0.15, -0.1) is 0 Å².